The zero-order valence-corrected chi connectivity index (χ0v) is 20.5. The van der Waals surface area contributed by atoms with Crippen LogP contribution in [0, 0.1) is 5.92 Å². The second-order valence-corrected chi connectivity index (χ2v) is 10.9. The molecule has 0 heterocycles. The van der Waals surface area contributed by atoms with Gasteiger partial charge >= 0.3 is 0 Å². The Morgan fingerprint density at radius 2 is 1.10 bits per heavy atom. The van der Waals surface area contributed by atoms with Crippen molar-refractivity contribution < 1.29 is 4.43 Å². The second-order valence-electron chi connectivity index (χ2n) is 8.77. The number of unbranched alkanes of at least 4 members (excludes halogenated alkanes) is 9. The predicted octanol–water partition coefficient (Wildman–Crippen LogP) is 7.15. The molecule has 2 rings (SSSR count). The minimum atomic E-state index is -1.14. The van der Waals surface area contributed by atoms with Crippen molar-refractivity contribution in [1.29, 1.82) is 0 Å². The van der Waals surface area contributed by atoms with E-state index in [9.17, 15) is 0 Å². The molecule has 0 aliphatic carbocycles. The third-order valence-corrected chi connectivity index (χ3v) is 8.19. The molecule has 0 saturated carbocycles. The van der Waals surface area contributed by atoms with Crippen molar-refractivity contribution in [2.45, 2.75) is 90.9 Å². The standard InChI is InChI=1S/C28H43OSi/c1-3-4-5-6-7-8-9-10-11-14-19-26(2)24-25-29-30(27-20-15-12-16-21-27)28-22-17-13-18-23-28/h12-13,15-18,20-23,26H,3-11,14,19,24-25H2,1-2H3. The summed E-state index contributed by atoms with van der Waals surface area (Å²) in [5.41, 5.74) is 0. The topological polar surface area (TPSA) is 9.23 Å². The molecular weight excluding hydrogens is 380 g/mol. The Bertz CT molecular complexity index is 588. The monoisotopic (exact) mass is 423 g/mol. The van der Waals surface area contributed by atoms with E-state index in [0.717, 1.165) is 12.5 Å². The summed E-state index contributed by atoms with van der Waals surface area (Å²) >= 11 is 0. The van der Waals surface area contributed by atoms with E-state index in [4.69, 9.17) is 4.43 Å². The van der Waals surface area contributed by atoms with Crippen LogP contribution in [0.5, 0.6) is 0 Å². The molecule has 1 atom stereocenters. The first-order valence-electron chi connectivity index (χ1n) is 12.4. The van der Waals surface area contributed by atoms with E-state index in [0.29, 0.717) is 0 Å². The van der Waals surface area contributed by atoms with Crippen LogP contribution in [-0.2, 0) is 4.43 Å². The van der Waals surface area contributed by atoms with Crippen molar-refractivity contribution in [3.8, 4) is 0 Å². The van der Waals surface area contributed by atoms with Crippen molar-refractivity contribution in [1.82, 2.24) is 0 Å². The Morgan fingerprint density at radius 3 is 1.60 bits per heavy atom. The van der Waals surface area contributed by atoms with Gasteiger partial charge in [-0.05, 0) is 22.7 Å². The van der Waals surface area contributed by atoms with Crippen molar-refractivity contribution in [3.05, 3.63) is 60.7 Å². The van der Waals surface area contributed by atoms with Crippen LogP contribution in [0.15, 0.2) is 60.7 Å². The molecule has 0 bridgehead atoms. The maximum Gasteiger partial charge on any atom is 0.282 e. The number of hydrogen-bond acceptors (Lipinski definition) is 1. The number of benzene rings is 2. The van der Waals surface area contributed by atoms with E-state index in [-0.39, 0.29) is 0 Å². The molecule has 0 spiro atoms. The average Bonchev–Trinajstić information content (AvgIpc) is 2.79. The van der Waals surface area contributed by atoms with Gasteiger partial charge in [0.15, 0.2) is 0 Å². The van der Waals surface area contributed by atoms with E-state index < -0.39 is 9.04 Å². The first-order chi connectivity index (χ1) is 14.8. The first kappa shape index (κ1) is 24.9. The molecule has 0 N–H and O–H groups in total. The smallest absolute Gasteiger partial charge is 0.282 e. The lowest BCUT2D eigenvalue weighted by Crippen LogP contribution is -2.45. The van der Waals surface area contributed by atoms with Crippen LogP contribution < -0.4 is 10.4 Å². The third-order valence-electron chi connectivity index (χ3n) is 5.98. The van der Waals surface area contributed by atoms with Gasteiger partial charge in [0, 0.05) is 6.61 Å². The molecule has 2 aromatic carbocycles. The third kappa shape index (κ3) is 10.6. The highest BCUT2D eigenvalue weighted by Crippen LogP contribution is 2.16. The summed E-state index contributed by atoms with van der Waals surface area (Å²) in [5, 5.41) is 2.69. The Kier molecular flexibility index (Phi) is 13.5. The maximum absolute atomic E-state index is 6.49. The molecular formula is C28H43OSi. The highest BCUT2D eigenvalue weighted by molar-refractivity contribution is 6.80. The summed E-state index contributed by atoms with van der Waals surface area (Å²) in [7, 11) is -1.14. The van der Waals surface area contributed by atoms with Crippen molar-refractivity contribution in [2.24, 2.45) is 5.92 Å². The highest BCUT2D eigenvalue weighted by Gasteiger charge is 2.19. The van der Waals surface area contributed by atoms with Gasteiger partial charge in [0.05, 0.1) is 0 Å². The van der Waals surface area contributed by atoms with E-state index in [1.54, 1.807) is 0 Å². The summed E-state index contributed by atoms with van der Waals surface area (Å²) in [4.78, 5) is 0. The lowest BCUT2D eigenvalue weighted by molar-refractivity contribution is 0.287. The average molecular weight is 424 g/mol. The lowest BCUT2D eigenvalue weighted by atomic mass is 9.99. The largest absolute Gasteiger partial charge is 0.407 e. The van der Waals surface area contributed by atoms with Crippen molar-refractivity contribution in [2.75, 3.05) is 6.61 Å². The van der Waals surface area contributed by atoms with Crippen molar-refractivity contribution >= 4 is 19.4 Å². The molecule has 1 nitrogen and oxygen atoms in total. The second kappa shape index (κ2) is 16.3. The molecule has 0 saturated heterocycles. The molecule has 0 aromatic heterocycles. The number of hydrogen-bond donors (Lipinski definition) is 0. The highest BCUT2D eigenvalue weighted by atomic mass is 28.3. The summed E-state index contributed by atoms with van der Waals surface area (Å²) in [5.74, 6) is 0.758. The minimum Gasteiger partial charge on any atom is -0.407 e. The molecule has 0 aliphatic rings. The van der Waals surface area contributed by atoms with E-state index in [1.807, 2.05) is 0 Å². The van der Waals surface area contributed by atoms with E-state index in [2.05, 4.69) is 74.5 Å². The fourth-order valence-electron chi connectivity index (χ4n) is 4.00. The van der Waals surface area contributed by atoms with Gasteiger partial charge in [0.25, 0.3) is 9.04 Å². The van der Waals surface area contributed by atoms with Gasteiger partial charge < -0.3 is 4.43 Å². The van der Waals surface area contributed by atoms with Gasteiger partial charge in [0.1, 0.15) is 0 Å². The Morgan fingerprint density at radius 1 is 0.633 bits per heavy atom. The summed E-state index contributed by atoms with van der Waals surface area (Å²) in [6.45, 7) is 5.56. The quantitative estimate of drug-likeness (QED) is 0.194. The molecule has 1 radical (unpaired) electrons. The zero-order valence-electron chi connectivity index (χ0n) is 19.5. The Hall–Kier alpha value is -1.38. The summed E-state index contributed by atoms with van der Waals surface area (Å²) in [6.07, 6.45) is 16.7. The molecule has 165 valence electrons. The molecule has 0 fully saturated rings. The molecule has 2 aromatic rings. The normalized spacial score (nSPS) is 12.4. The van der Waals surface area contributed by atoms with Crippen LogP contribution in [0.25, 0.3) is 0 Å². The fraction of sp³-hybridized carbons (Fsp3) is 0.571. The van der Waals surface area contributed by atoms with Crippen LogP contribution >= 0.6 is 0 Å². The summed E-state index contributed by atoms with van der Waals surface area (Å²) in [6, 6.07) is 21.5. The molecule has 2 heteroatoms. The van der Waals surface area contributed by atoms with Gasteiger partial charge in [-0.3, -0.25) is 0 Å². The Labute approximate surface area is 188 Å². The van der Waals surface area contributed by atoms with E-state index >= 15 is 0 Å². The van der Waals surface area contributed by atoms with Crippen LogP contribution in [0.1, 0.15) is 90.9 Å². The van der Waals surface area contributed by atoms with Gasteiger partial charge in [-0.25, -0.2) is 0 Å². The van der Waals surface area contributed by atoms with E-state index in [1.165, 1.54) is 87.4 Å². The van der Waals surface area contributed by atoms with Crippen LogP contribution in [0.2, 0.25) is 0 Å². The molecule has 1 unspecified atom stereocenters. The predicted molar refractivity (Wildman–Crippen MR) is 134 cm³/mol. The SMILES string of the molecule is CCCCCCCCCCCCC(C)CCO[Si](c1ccccc1)c1ccccc1. The lowest BCUT2D eigenvalue weighted by Gasteiger charge is -2.18. The summed E-state index contributed by atoms with van der Waals surface area (Å²) < 4.78 is 6.49. The maximum atomic E-state index is 6.49. The van der Waals surface area contributed by atoms with Gasteiger partial charge in [-0.2, -0.15) is 0 Å². The minimum absolute atomic E-state index is 0.758. The fourth-order valence-corrected chi connectivity index (χ4v) is 5.98. The van der Waals surface area contributed by atoms with Gasteiger partial charge in [-0.15, -0.1) is 0 Å². The molecule has 30 heavy (non-hydrogen) atoms. The van der Waals surface area contributed by atoms with Crippen LogP contribution in [-0.4, -0.2) is 15.6 Å². The van der Waals surface area contributed by atoms with Crippen LogP contribution in [0.3, 0.4) is 0 Å². The van der Waals surface area contributed by atoms with Crippen LogP contribution in [0.4, 0.5) is 0 Å². The van der Waals surface area contributed by atoms with Crippen molar-refractivity contribution in [3.63, 3.8) is 0 Å². The Balaban J connectivity index is 1.59. The first-order valence-corrected chi connectivity index (χ1v) is 13.8. The van der Waals surface area contributed by atoms with Gasteiger partial charge in [0.2, 0.25) is 0 Å². The van der Waals surface area contributed by atoms with Gasteiger partial charge in [-0.1, -0.05) is 145 Å². The zero-order chi connectivity index (χ0) is 21.3. The molecule has 0 aliphatic heterocycles. The molecule has 0 amide bonds. The number of rotatable bonds is 17.